The minimum atomic E-state index is -1.14. The van der Waals surface area contributed by atoms with Crippen molar-refractivity contribution in [2.45, 2.75) is 6.04 Å². The van der Waals surface area contributed by atoms with Crippen LogP contribution in [0, 0.1) is 5.92 Å². The Hall–Kier alpha value is -2.42. The predicted molar refractivity (Wildman–Crippen MR) is 69.9 cm³/mol. The second-order valence-corrected chi connectivity index (χ2v) is 4.52. The third kappa shape index (κ3) is 3.78. The molecular formula is C12H16N4O5. The van der Waals surface area contributed by atoms with E-state index in [4.69, 9.17) is 14.6 Å². The summed E-state index contributed by atoms with van der Waals surface area (Å²) in [7, 11) is 0. The topological polar surface area (TPSA) is 116 Å². The van der Waals surface area contributed by atoms with E-state index in [1.54, 1.807) is 0 Å². The van der Waals surface area contributed by atoms with Gasteiger partial charge in [-0.3, -0.25) is 0 Å². The van der Waals surface area contributed by atoms with Crippen LogP contribution in [0.15, 0.2) is 18.9 Å². The van der Waals surface area contributed by atoms with E-state index in [2.05, 4.69) is 22.2 Å². The molecule has 2 rings (SSSR count). The molecule has 0 radical (unpaired) electrons. The number of rotatable bonds is 6. The molecule has 0 aromatic carbocycles. The lowest BCUT2D eigenvalue weighted by atomic mass is 10.0. The molecule has 0 unspecified atom stereocenters. The Morgan fingerprint density at radius 1 is 1.62 bits per heavy atom. The minimum absolute atomic E-state index is 0.0374. The lowest BCUT2D eigenvalue weighted by molar-refractivity contribution is 0.0690. The Morgan fingerprint density at radius 3 is 3.10 bits per heavy atom. The van der Waals surface area contributed by atoms with E-state index in [0.717, 1.165) is 0 Å². The second-order valence-electron chi connectivity index (χ2n) is 4.52. The highest BCUT2D eigenvalue weighted by Crippen LogP contribution is 2.24. The van der Waals surface area contributed by atoms with Gasteiger partial charge in [-0.25, -0.2) is 14.3 Å². The predicted octanol–water partition coefficient (Wildman–Crippen LogP) is 0.0760. The van der Waals surface area contributed by atoms with Crippen LogP contribution in [0.3, 0.4) is 0 Å². The van der Waals surface area contributed by atoms with Gasteiger partial charge < -0.3 is 19.9 Å². The largest absolute Gasteiger partial charge is 0.476 e. The number of hydrogen-bond acceptors (Lipinski definition) is 6. The first-order valence-electron chi connectivity index (χ1n) is 6.36. The SMILES string of the molecule is C=CCOC(=O)NC[C@@H]1COC[C@H]1n1cc(C(=O)O)nn1. The number of amides is 1. The molecule has 9 heteroatoms. The van der Waals surface area contributed by atoms with Crippen LogP contribution in [0.2, 0.25) is 0 Å². The van der Waals surface area contributed by atoms with Crippen LogP contribution in [0.5, 0.6) is 0 Å². The van der Waals surface area contributed by atoms with E-state index in [0.29, 0.717) is 19.8 Å². The van der Waals surface area contributed by atoms with E-state index in [-0.39, 0.29) is 24.3 Å². The zero-order chi connectivity index (χ0) is 15.2. The summed E-state index contributed by atoms with van der Waals surface area (Å²) in [4.78, 5) is 22.2. The van der Waals surface area contributed by atoms with Crippen molar-refractivity contribution < 1.29 is 24.2 Å². The van der Waals surface area contributed by atoms with Crippen molar-refractivity contribution in [3.8, 4) is 0 Å². The molecule has 0 aliphatic carbocycles. The Labute approximate surface area is 120 Å². The molecule has 21 heavy (non-hydrogen) atoms. The van der Waals surface area contributed by atoms with Gasteiger partial charge in [0.25, 0.3) is 0 Å². The van der Waals surface area contributed by atoms with E-state index in [9.17, 15) is 9.59 Å². The molecular weight excluding hydrogens is 280 g/mol. The average molecular weight is 296 g/mol. The van der Waals surface area contributed by atoms with Crippen LogP contribution in [0.4, 0.5) is 4.79 Å². The maximum Gasteiger partial charge on any atom is 0.407 e. The number of nitrogens with zero attached hydrogens (tertiary/aromatic N) is 3. The summed E-state index contributed by atoms with van der Waals surface area (Å²) in [5.41, 5.74) is -0.126. The van der Waals surface area contributed by atoms with Crippen molar-refractivity contribution in [3.05, 3.63) is 24.5 Å². The molecule has 0 saturated carbocycles. The number of aromatic nitrogens is 3. The van der Waals surface area contributed by atoms with Crippen molar-refractivity contribution in [2.24, 2.45) is 5.92 Å². The molecule has 2 heterocycles. The molecule has 2 atom stereocenters. The van der Waals surface area contributed by atoms with Gasteiger partial charge in [0, 0.05) is 12.5 Å². The highest BCUT2D eigenvalue weighted by molar-refractivity contribution is 5.84. The van der Waals surface area contributed by atoms with E-state index >= 15 is 0 Å². The summed E-state index contributed by atoms with van der Waals surface area (Å²) < 4.78 is 11.6. The van der Waals surface area contributed by atoms with Crippen molar-refractivity contribution in [2.75, 3.05) is 26.4 Å². The summed E-state index contributed by atoms with van der Waals surface area (Å²) in [5.74, 6) is -1.17. The number of carboxylic acids is 1. The first-order valence-corrected chi connectivity index (χ1v) is 6.36. The molecule has 1 aliphatic rings. The van der Waals surface area contributed by atoms with Gasteiger partial charge in [0.05, 0.1) is 25.5 Å². The van der Waals surface area contributed by atoms with Crippen LogP contribution >= 0.6 is 0 Å². The monoisotopic (exact) mass is 296 g/mol. The fourth-order valence-corrected chi connectivity index (χ4v) is 2.01. The third-order valence-electron chi connectivity index (χ3n) is 3.07. The number of alkyl carbamates (subject to hydrolysis) is 1. The van der Waals surface area contributed by atoms with Crippen LogP contribution in [0.25, 0.3) is 0 Å². The van der Waals surface area contributed by atoms with Gasteiger partial charge in [0.1, 0.15) is 6.61 Å². The molecule has 0 bridgehead atoms. The molecule has 0 spiro atoms. The molecule has 9 nitrogen and oxygen atoms in total. The van der Waals surface area contributed by atoms with E-state index < -0.39 is 12.1 Å². The van der Waals surface area contributed by atoms with Crippen LogP contribution in [0.1, 0.15) is 16.5 Å². The van der Waals surface area contributed by atoms with Crippen molar-refractivity contribution in [3.63, 3.8) is 0 Å². The van der Waals surface area contributed by atoms with Gasteiger partial charge in [-0.1, -0.05) is 17.9 Å². The first-order chi connectivity index (χ1) is 10.1. The molecule has 1 aromatic heterocycles. The Bertz CT molecular complexity index is 529. The molecule has 1 saturated heterocycles. The van der Waals surface area contributed by atoms with Crippen molar-refractivity contribution >= 4 is 12.1 Å². The number of nitrogens with one attached hydrogen (secondary N) is 1. The summed E-state index contributed by atoms with van der Waals surface area (Å²) in [6.45, 7) is 4.75. The summed E-state index contributed by atoms with van der Waals surface area (Å²) in [5, 5.41) is 18.8. The van der Waals surface area contributed by atoms with Crippen LogP contribution < -0.4 is 5.32 Å². The maximum atomic E-state index is 11.4. The van der Waals surface area contributed by atoms with Crippen LogP contribution in [-0.4, -0.2) is 58.5 Å². The van der Waals surface area contributed by atoms with E-state index in [1.807, 2.05) is 0 Å². The lowest BCUT2D eigenvalue weighted by Gasteiger charge is -2.17. The van der Waals surface area contributed by atoms with E-state index in [1.165, 1.54) is 17.0 Å². The smallest absolute Gasteiger partial charge is 0.407 e. The van der Waals surface area contributed by atoms with Crippen molar-refractivity contribution in [1.82, 2.24) is 20.3 Å². The fraction of sp³-hybridized carbons (Fsp3) is 0.500. The molecule has 114 valence electrons. The minimum Gasteiger partial charge on any atom is -0.476 e. The first kappa shape index (κ1) is 15.0. The number of carbonyl (C=O) groups is 2. The standard InChI is InChI=1S/C12H16N4O5/c1-2-3-21-12(19)13-4-8-6-20-7-10(8)16-5-9(11(17)18)14-15-16/h2,5,8,10H,1,3-4,6-7H2,(H,13,19)(H,17,18)/t8-,10-/m1/s1. The molecule has 1 aliphatic heterocycles. The summed E-state index contributed by atoms with van der Waals surface area (Å²) in [6.07, 6.45) is 2.29. The van der Waals surface area contributed by atoms with Gasteiger partial charge in [-0.05, 0) is 0 Å². The van der Waals surface area contributed by atoms with Gasteiger partial charge in [-0.2, -0.15) is 0 Å². The highest BCUT2D eigenvalue weighted by Gasteiger charge is 2.31. The third-order valence-corrected chi connectivity index (χ3v) is 3.07. The maximum absolute atomic E-state index is 11.4. The number of ether oxygens (including phenoxy) is 2. The van der Waals surface area contributed by atoms with Gasteiger partial charge in [0.2, 0.25) is 0 Å². The fourth-order valence-electron chi connectivity index (χ4n) is 2.01. The highest BCUT2D eigenvalue weighted by atomic mass is 16.5. The van der Waals surface area contributed by atoms with Gasteiger partial charge in [-0.15, -0.1) is 5.10 Å². The molecule has 2 N–H and O–H groups in total. The number of carbonyl (C=O) groups excluding carboxylic acids is 1. The zero-order valence-electron chi connectivity index (χ0n) is 11.3. The molecule has 1 fully saturated rings. The second kappa shape index (κ2) is 6.84. The Kier molecular flexibility index (Phi) is 4.88. The van der Waals surface area contributed by atoms with Crippen LogP contribution in [-0.2, 0) is 9.47 Å². The summed E-state index contributed by atoms with van der Waals surface area (Å²) in [6, 6.07) is -0.176. The number of aromatic carboxylic acids is 1. The number of hydrogen-bond donors (Lipinski definition) is 2. The Morgan fingerprint density at radius 2 is 2.43 bits per heavy atom. The summed E-state index contributed by atoms with van der Waals surface area (Å²) >= 11 is 0. The number of carboxylic acid groups (broad SMARTS) is 1. The molecule has 1 amide bonds. The average Bonchev–Trinajstić information content (AvgIpc) is 3.10. The van der Waals surface area contributed by atoms with Crippen molar-refractivity contribution in [1.29, 1.82) is 0 Å². The zero-order valence-corrected chi connectivity index (χ0v) is 11.3. The Balaban J connectivity index is 1.91. The lowest BCUT2D eigenvalue weighted by Crippen LogP contribution is -2.33. The molecule has 1 aromatic rings. The van der Waals surface area contributed by atoms with Gasteiger partial charge >= 0.3 is 12.1 Å². The normalized spacial score (nSPS) is 21.0. The quantitative estimate of drug-likeness (QED) is 0.714. The van der Waals surface area contributed by atoms with Gasteiger partial charge in [0.15, 0.2) is 5.69 Å².